The van der Waals surface area contributed by atoms with Crippen molar-refractivity contribution in [3.05, 3.63) is 43.9 Å². The standard InChI is InChI=1S/C19H22BrN/c1-9-8-15(20)14(6)17-16-12(4)10(2)11(3)13(5)19(16)21(7)18(9)17/h8H,1-7H3. The molecule has 0 spiro atoms. The van der Waals surface area contributed by atoms with Crippen molar-refractivity contribution in [3.8, 4) is 0 Å². The van der Waals surface area contributed by atoms with Crippen molar-refractivity contribution in [1.29, 1.82) is 0 Å². The van der Waals surface area contributed by atoms with Gasteiger partial charge in [-0.05, 0) is 81.0 Å². The number of rotatable bonds is 0. The molecule has 0 aliphatic rings. The minimum Gasteiger partial charge on any atom is -0.343 e. The highest BCUT2D eigenvalue weighted by Gasteiger charge is 2.20. The number of aryl methyl sites for hydroxylation is 5. The molecule has 0 N–H and O–H groups in total. The van der Waals surface area contributed by atoms with Crippen molar-refractivity contribution in [3.63, 3.8) is 0 Å². The van der Waals surface area contributed by atoms with E-state index in [0.717, 1.165) is 0 Å². The lowest BCUT2D eigenvalue weighted by molar-refractivity contribution is 0.997. The zero-order chi connectivity index (χ0) is 15.6. The zero-order valence-electron chi connectivity index (χ0n) is 13.9. The average molecular weight is 344 g/mol. The van der Waals surface area contributed by atoms with E-state index >= 15 is 0 Å². The Morgan fingerprint density at radius 3 is 1.86 bits per heavy atom. The van der Waals surface area contributed by atoms with Crippen LogP contribution in [-0.2, 0) is 7.05 Å². The van der Waals surface area contributed by atoms with Crippen molar-refractivity contribution < 1.29 is 0 Å². The molecule has 1 heterocycles. The maximum Gasteiger partial charge on any atom is 0.0524 e. The largest absolute Gasteiger partial charge is 0.343 e. The first-order valence-electron chi connectivity index (χ1n) is 7.41. The van der Waals surface area contributed by atoms with E-state index in [9.17, 15) is 0 Å². The van der Waals surface area contributed by atoms with Crippen LogP contribution in [0.4, 0.5) is 0 Å². The third-order valence-corrected chi connectivity index (χ3v) is 6.09. The maximum absolute atomic E-state index is 3.73. The molecule has 2 aromatic carbocycles. The fourth-order valence-electron chi connectivity index (χ4n) is 3.73. The number of hydrogen-bond acceptors (Lipinski definition) is 0. The fraction of sp³-hybridized carbons (Fsp3) is 0.368. The number of hydrogen-bond donors (Lipinski definition) is 0. The molecule has 0 atom stereocenters. The minimum absolute atomic E-state index is 1.20. The van der Waals surface area contributed by atoms with Crippen LogP contribution >= 0.6 is 15.9 Å². The molecule has 110 valence electrons. The molecule has 3 aromatic rings. The van der Waals surface area contributed by atoms with Crippen molar-refractivity contribution in [2.45, 2.75) is 41.5 Å². The molecule has 0 unspecified atom stereocenters. The molecule has 0 bridgehead atoms. The summed E-state index contributed by atoms with van der Waals surface area (Å²) < 4.78 is 3.59. The van der Waals surface area contributed by atoms with Crippen molar-refractivity contribution >= 4 is 37.7 Å². The van der Waals surface area contributed by atoms with Gasteiger partial charge < -0.3 is 4.57 Å². The van der Waals surface area contributed by atoms with Gasteiger partial charge in [-0.1, -0.05) is 15.9 Å². The van der Waals surface area contributed by atoms with Gasteiger partial charge in [-0.15, -0.1) is 0 Å². The lowest BCUT2D eigenvalue weighted by Crippen LogP contribution is -1.96. The van der Waals surface area contributed by atoms with Gasteiger partial charge in [-0.25, -0.2) is 0 Å². The SMILES string of the molecule is Cc1c(C)c(C)c2c(c1C)c1c(C)c(Br)cc(C)c1n2C. The van der Waals surface area contributed by atoms with E-state index in [1.165, 1.54) is 59.7 Å². The highest BCUT2D eigenvalue weighted by molar-refractivity contribution is 9.10. The first-order valence-corrected chi connectivity index (χ1v) is 8.20. The summed E-state index contributed by atoms with van der Waals surface area (Å²) in [7, 11) is 2.20. The van der Waals surface area contributed by atoms with E-state index in [1.807, 2.05) is 0 Å². The molecule has 0 amide bonds. The molecular weight excluding hydrogens is 322 g/mol. The third-order valence-electron chi connectivity index (χ3n) is 5.26. The van der Waals surface area contributed by atoms with E-state index in [2.05, 4.69) is 75.2 Å². The molecule has 1 aromatic heterocycles. The van der Waals surface area contributed by atoms with Gasteiger partial charge in [0.25, 0.3) is 0 Å². The number of aromatic nitrogens is 1. The van der Waals surface area contributed by atoms with Gasteiger partial charge in [-0.3, -0.25) is 0 Å². The summed E-state index contributed by atoms with van der Waals surface area (Å²) in [5, 5.41) is 2.83. The number of nitrogens with zero attached hydrogens (tertiary/aromatic N) is 1. The van der Waals surface area contributed by atoms with Gasteiger partial charge in [0.05, 0.1) is 11.0 Å². The number of fused-ring (bicyclic) bond motifs is 3. The number of halogens is 1. The smallest absolute Gasteiger partial charge is 0.0524 e. The third kappa shape index (κ3) is 1.75. The Labute approximate surface area is 135 Å². The summed E-state index contributed by atoms with van der Waals surface area (Å²) in [4.78, 5) is 0. The second-order valence-corrected chi connectivity index (χ2v) is 7.16. The number of benzene rings is 2. The monoisotopic (exact) mass is 343 g/mol. The van der Waals surface area contributed by atoms with Crippen LogP contribution in [0, 0.1) is 41.5 Å². The lowest BCUT2D eigenvalue weighted by atomic mass is 9.93. The summed E-state index contributed by atoms with van der Waals surface area (Å²) in [5.41, 5.74) is 11.1. The van der Waals surface area contributed by atoms with Crippen LogP contribution in [-0.4, -0.2) is 4.57 Å². The van der Waals surface area contributed by atoms with Crippen LogP contribution in [0.1, 0.15) is 33.4 Å². The molecule has 2 heteroatoms. The van der Waals surface area contributed by atoms with Crippen LogP contribution in [0.2, 0.25) is 0 Å². The van der Waals surface area contributed by atoms with Crippen molar-refractivity contribution in [2.75, 3.05) is 0 Å². The Morgan fingerprint density at radius 1 is 0.714 bits per heavy atom. The molecule has 0 radical (unpaired) electrons. The fourth-order valence-corrected chi connectivity index (χ4v) is 4.27. The molecule has 0 aliphatic heterocycles. The second-order valence-electron chi connectivity index (χ2n) is 6.31. The van der Waals surface area contributed by atoms with Crippen LogP contribution in [0.15, 0.2) is 10.5 Å². The summed E-state index contributed by atoms with van der Waals surface area (Å²) >= 11 is 3.73. The predicted molar refractivity (Wildman–Crippen MR) is 96.5 cm³/mol. The minimum atomic E-state index is 1.20. The lowest BCUT2D eigenvalue weighted by Gasteiger charge is -2.12. The van der Waals surface area contributed by atoms with E-state index in [4.69, 9.17) is 0 Å². The van der Waals surface area contributed by atoms with Crippen LogP contribution in [0.3, 0.4) is 0 Å². The van der Waals surface area contributed by atoms with Crippen LogP contribution in [0.5, 0.6) is 0 Å². The molecular formula is C19H22BrN. The van der Waals surface area contributed by atoms with Crippen molar-refractivity contribution in [1.82, 2.24) is 4.57 Å². The first-order chi connectivity index (χ1) is 9.77. The quantitative estimate of drug-likeness (QED) is 0.475. The molecule has 0 aliphatic carbocycles. The van der Waals surface area contributed by atoms with E-state index in [1.54, 1.807) is 0 Å². The topological polar surface area (TPSA) is 4.93 Å². The van der Waals surface area contributed by atoms with Crippen molar-refractivity contribution in [2.24, 2.45) is 7.05 Å². The van der Waals surface area contributed by atoms with Gasteiger partial charge in [0, 0.05) is 22.3 Å². The predicted octanol–water partition coefficient (Wildman–Crippen LogP) is 5.94. The zero-order valence-corrected chi connectivity index (χ0v) is 15.5. The van der Waals surface area contributed by atoms with E-state index in [0.29, 0.717) is 0 Å². The highest BCUT2D eigenvalue weighted by Crippen LogP contribution is 2.40. The van der Waals surface area contributed by atoms with E-state index < -0.39 is 0 Å². The summed E-state index contributed by atoms with van der Waals surface area (Å²) in [6, 6.07) is 2.24. The Bertz CT molecular complexity index is 913. The van der Waals surface area contributed by atoms with Gasteiger partial charge in [-0.2, -0.15) is 0 Å². The molecule has 0 saturated carbocycles. The van der Waals surface area contributed by atoms with Gasteiger partial charge in [0.2, 0.25) is 0 Å². The van der Waals surface area contributed by atoms with Gasteiger partial charge >= 0.3 is 0 Å². The Kier molecular flexibility index (Phi) is 3.21. The average Bonchev–Trinajstić information content (AvgIpc) is 2.74. The first kappa shape index (κ1) is 14.6. The second kappa shape index (κ2) is 4.61. The molecule has 3 rings (SSSR count). The van der Waals surface area contributed by atoms with E-state index in [-0.39, 0.29) is 0 Å². The highest BCUT2D eigenvalue weighted by atomic mass is 79.9. The molecule has 0 saturated heterocycles. The molecule has 1 nitrogen and oxygen atoms in total. The molecule has 0 fully saturated rings. The maximum atomic E-state index is 3.73. The molecule has 21 heavy (non-hydrogen) atoms. The van der Waals surface area contributed by atoms with Gasteiger partial charge in [0.1, 0.15) is 0 Å². The Morgan fingerprint density at radius 2 is 1.24 bits per heavy atom. The normalized spacial score (nSPS) is 11.8. The van der Waals surface area contributed by atoms with Crippen LogP contribution in [0.25, 0.3) is 21.8 Å². The Balaban J connectivity index is 2.80. The summed E-state index contributed by atoms with van der Waals surface area (Å²) in [6.07, 6.45) is 0. The summed E-state index contributed by atoms with van der Waals surface area (Å²) in [5.74, 6) is 0. The van der Waals surface area contributed by atoms with Gasteiger partial charge in [0.15, 0.2) is 0 Å². The Hall–Kier alpha value is -1.28. The summed E-state index contributed by atoms with van der Waals surface area (Å²) in [6.45, 7) is 13.4. The van der Waals surface area contributed by atoms with Crippen LogP contribution < -0.4 is 0 Å².